The normalized spacial score (nSPS) is 14.4. The first-order chi connectivity index (χ1) is 8.58. The summed E-state index contributed by atoms with van der Waals surface area (Å²) < 4.78 is 0. The molecule has 2 aliphatic carbocycles. The number of carbonyl (C=O) groups is 2. The van der Waals surface area contributed by atoms with Gasteiger partial charge in [-0.1, -0.05) is 12.2 Å². The first-order valence-corrected chi connectivity index (χ1v) is 4.46. The fourth-order valence-corrected chi connectivity index (χ4v) is 1.20. The molecule has 0 atom stereocenters. The van der Waals surface area contributed by atoms with Gasteiger partial charge in [0.1, 0.15) is 0 Å². The lowest BCUT2D eigenvalue weighted by molar-refractivity contribution is -0.111. The topological polar surface area (TPSA) is 153 Å². The summed E-state index contributed by atoms with van der Waals surface area (Å²) >= 11 is 0. The van der Waals surface area contributed by atoms with E-state index in [0.29, 0.717) is 0 Å². The Hall–Kier alpha value is -3.08. The van der Waals surface area contributed by atoms with Crippen LogP contribution in [0.15, 0.2) is 47.6 Å². The van der Waals surface area contributed by atoms with Crippen molar-refractivity contribution >= 4 is 11.6 Å². The van der Waals surface area contributed by atoms with Gasteiger partial charge in [-0.2, -0.15) is 0 Å². The maximum Gasteiger partial charge on any atom is 0.179 e. The lowest BCUT2D eigenvalue weighted by Gasteiger charge is -2.09. The van der Waals surface area contributed by atoms with E-state index < -0.39 is 0 Å². The molecule has 0 saturated carbocycles. The van der Waals surface area contributed by atoms with Gasteiger partial charge in [-0.25, -0.2) is 0 Å². The summed E-state index contributed by atoms with van der Waals surface area (Å²) in [6, 6.07) is 0. The fourth-order valence-electron chi connectivity index (χ4n) is 1.20. The zero-order valence-electron chi connectivity index (χ0n) is 9.02. The molecule has 0 aromatic rings. The molecule has 8 heteroatoms. The highest BCUT2D eigenvalue weighted by Gasteiger charge is 2.11. The molecule has 0 saturated heterocycles. The van der Waals surface area contributed by atoms with E-state index in [0.717, 1.165) is 11.1 Å². The smallest absolute Gasteiger partial charge is 0.179 e. The molecule has 0 fully saturated rings. The molecular formula is C10H7N6O2-. The van der Waals surface area contributed by atoms with Crippen molar-refractivity contribution in [1.29, 1.82) is 5.53 Å². The third-order valence-electron chi connectivity index (χ3n) is 1.78. The highest BCUT2D eigenvalue weighted by Crippen LogP contribution is 2.20. The predicted octanol–water partition coefficient (Wildman–Crippen LogP) is 2.86. The van der Waals surface area contributed by atoms with Crippen LogP contribution in [-0.4, -0.2) is 11.6 Å². The Kier molecular flexibility index (Phi) is 6.73. The maximum atomic E-state index is 10.9. The number of allylic oxidation sites excluding steroid dienone is 8. The van der Waals surface area contributed by atoms with E-state index >= 15 is 0 Å². The maximum absolute atomic E-state index is 10.9. The Bertz CT molecular complexity index is 491. The zero-order valence-corrected chi connectivity index (χ0v) is 9.02. The number of fused-ring (bicyclic) bond motifs is 1. The van der Waals surface area contributed by atoms with E-state index in [1.54, 1.807) is 17.1 Å². The Labute approximate surface area is 101 Å². The SMILES string of the molecule is O=C1C=CC2=CC(=O)C=CC2=C1.[N-]=[N+]=N.[N-]=[N+]=[N-]. The Balaban J connectivity index is 0.000000414. The largest absolute Gasteiger partial charge is 0.373 e. The predicted molar refractivity (Wildman–Crippen MR) is 64.0 cm³/mol. The van der Waals surface area contributed by atoms with Gasteiger partial charge in [0.05, 0.1) is 0 Å². The fraction of sp³-hybridized carbons (Fsp3) is 0. The molecule has 1 N–H and O–H groups in total. The number of rotatable bonds is 0. The number of hydrogen-bond donors (Lipinski definition) is 1. The van der Waals surface area contributed by atoms with Gasteiger partial charge >= 0.3 is 0 Å². The standard InChI is InChI=1S/C10H6O2.HN3.N3/c11-9-3-1-7-5-10(12)4-2-8(7)6-9;2*1-3-2/h1-6H;1H;/q;;-1. The van der Waals surface area contributed by atoms with Crippen molar-refractivity contribution in [3.8, 4) is 0 Å². The van der Waals surface area contributed by atoms with E-state index in [4.69, 9.17) is 22.1 Å². The Morgan fingerprint density at radius 2 is 1.11 bits per heavy atom. The number of hydrogen-bond acceptors (Lipinski definition) is 3. The summed E-state index contributed by atoms with van der Waals surface area (Å²) in [5, 5.41) is 0. The molecule has 0 aliphatic heterocycles. The van der Waals surface area contributed by atoms with Gasteiger partial charge in [-0.05, 0) is 45.9 Å². The van der Waals surface area contributed by atoms with Crippen molar-refractivity contribution in [1.82, 2.24) is 0 Å². The third kappa shape index (κ3) is 5.13. The van der Waals surface area contributed by atoms with Crippen LogP contribution in [0, 0.1) is 5.53 Å². The van der Waals surface area contributed by atoms with E-state index in [1.807, 2.05) is 0 Å². The van der Waals surface area contributed by atoms with Gasteiger partial charge < -0.3 is 11.1 Å². The van der Waals surface area contributed by atoms with Crippen LogP contribution in [-0.2, 0) is 9.59 Å². The lowest BCUT2D eigenvalue weighted by atomic mass is 9.94. The van der Waals surface area contributed by atoms with E-state index in [9.17, 15) is 9.59 Å². The number of carbonyl (C=O) groups excluding carboxylic acids is 2. The van der Waals surface area contributed by atoms with Crippen molar-refractivity contribution in [3.05, 3.63) is 74.0 Å². The van der Waals surface area contributed by atoms with E-state index in [1.165, 1.54) is 29.2 Å². The molecule has 0 radical (unpaired) electrons. The highest BCUT2D eigenvalue weighted by atomic mass is 16.1. The summed E-state index contributed by atoms with van der Waals surface area (Å²) in [7, 11) is 0. The van der Waals surface area contributed by atoms with Crippen LogP contribution in [0.1, 0.15) is 0 Å². The molecule has 8 nitrogen and oxygen atoms in total. The second kappa shape index (κ2) is 8.12. The minimum absolute atomic E-state index is 0.0267. The molecule has 90 valence electrons. The van der Waals surface area contributed by atoms with Gasteiger partial charge in [-0.3, -0.25) is 14.5 Å². The molecule has 0 amide bonds. The summed E-state index contributed by atoms with van der Waals surface area (Å²) in [5.41, 5.74) is 27.4. The first kappa shape index (κ1) is 14.9. The molecule has 0 heterocycles. The summed E-state index contributed by atoms with van der Waals surface area (Å²) in [5.74, 6) is -0.0534. The minimum atomic E-state index is -0.0267. The molecular weight excluding hydrogens is 236 g/mol. The Morgan fingerprint density at radius 3 is 1.39 bits per heavy atom. The monoisotopic (exact) mass is 243 g/mol. The average Bonchev–Trinajstić information content (AvgIpc) is 2.31. The van der Waals surface area contributed by atoms with Crippen molar-refractivity contribution < 1.29 is 9.59 Å². The third-order valence-corrected chi connectivity index (χ3v) is 1.78. The summed E-state index contributed by atoms with van der Waals surface area (Å²) in [6.07, 6.45) is 9.30. The van der Waals surface area contributed by atoms with Crippen LogP contribution in [0.2, 0.25) is 0 Å². The van der Waals surface area contributed by atoms with Crippen molar-refractivity contribution in [3.63, 3.8) is 0 Å². The molecule has 0 aromatic carbocycles. The van der Waals surface area contributed by atoms with Crippen LogP contribution in [0.25, 0.3) is 26.4 Å². The molecule has 0 aromatic heterocycles. The second-order valence-corrected chi connectivity index (χ2v) is 2.86. The van der Waals surface area contributed by atoms with Crippen LogP contribution in [0.3, 0.4) is 0 Å². The first-order valence-electron chi connectivity index (χ1n) is 4.46. The number of nitrogens with one attached hydrogen (secondary N) is 1. The van der Waals surface area contributed by atoms with Gasteiger partial charge in [-0.15, -0.1) is 5.53 Å². The van der Waals surface area contributed by atoms with Gasteiger partial charge in [0.2, 0.25) is 0 Å². The Morgan fingerprint density at radius 1 is 0.833 bits per heavy atom. The molecule has 0 bridgehead atoms. The zero-order chi connectivity index (χ0) is 14.0. The quantitative estimate of drug-likeness (QED) is 0.394. The molecule has 18 heavy (non-hydrogen) atoms. The van der Waals surface area contributed by atoms with Gasteiger partial charge in [0, 0.05) is 0 Å². The molecule has 0 unspecified atom stereocenters. The summed E-state index contributed by atoms with van der Waals surface area (Å²) in [6.45, 7) is 0. The van der Waals surface area contributed by atoms with Gasteiger partial charge in [0.25, 0.3) is 0 Å². The van der Waals surface area contributed by atoms with Crippen LogP contribution in [0.5, 0.6) is 0 Å². The van der Waals surface area contributed by atoms with Crippen LogP contribution < -0.4 is 0 Å². The molecule has 2 rings (SSSR count). The van der Waals surface area contributed by atoms with E-state index in [2.05, 4.69) is 0 Å². The molecule has 0 spiro atoms. The van der Waals surface area contributed by atoms with Crippen molar-refractivity contribution in [2.24, 2.45) is 0 Å². The number of ketones is 2. The lowest BCUT2D eigenvalue weighted by Crippen LogP contribution is -2.03. The highest BCUT2D eigenvalue weighted by molar-refractivity contribution is 6.08. The second-order valence-electron chi connectivity index (χ2n) is 2.86. The van der Waals surface area contributed by atoms with Crippen LogP contribution in [0.4, 0.5) is 0 Å². The van der Waals surface area contributed by atoms with Crippen LogP contribution >= 0.6 is 0 Å². The van der Waals surface area contributed by atoms with Crippen molar-refractivity contribution in [2.45, 2.75) is 0 Å². The van der Waals surface area contributed by atoms with Crippen molar-refractivity contribution in [2.75, 3.05) is 0 Å². The minimum Gasteiger partial charge on any atom is -0.373 e. The number of nitrogens with zero attached hydrogens (tertiary/aromatic N) is 5. The summed E-state index contributed by atoms with van der Waals surface area (Å²) in [4.78, 5) is 25.0. The van der Waals surface area contributed by atoms with E-state index in [-0.39, 0.29) is 11.6 Å². The molecule has 2 aliphatic rings. The van der Waals surface area contributed by atoms with Gasteiger partial charge in [0.15, 0.2) is 11.6 Å². The average molecular weight is 243 g/mol.